The van der Waals surface area contributed by atoms with E-state index in [1.54, 1.807) is 14.2 Å². The third kappa shape index (κ3) is 2.73. The number of anilines is 1. The van der Waals surface area contributed by atoms with E-state index in [9.17, 15) is 4.79 Å². The highest BCUT2D eigenvalue weighted by Crippen LogP contribution is 2.34. The number of urea groups is 1. The molecule has 0 atom stereocenters. The molecule has 0 saturated heterocycles. The summed E-state index contributed by atoms with van der Waals surface area (Å²) < 4.78 is 6.42. The van der Waals surface area contributed by atoms with E-state index in [1.165, 1.54) is 11.3 Å². The normalized spacial score (nSPS) is 10.5. The third-order valence-corrected chi connectivity index (χ3v) is 4.20. The molecule has 0 aliphatic rings. The lowest BCUT2D eigenvalue weighted by molar-refractivity contribution is 0.254. The summed E-state index contributed by atoms with van der Waals surface area (Å²) in [6.07, 6.45) is 0. The first-order valence-corrected chi connectivity index (χ1v) is 7.55. The van der Waals surface area contributed by atoms with Crippen LogP contribution in [0.25, 0.3) is 21.3 Å². The maximum atomic E-state index is 11.4. The Morgan fingerprint density at radius 2 is 2.05 bits per heavy atom. The largest absolute Gasteiger partial charge is 0.496 e. The van der Waals surface area contributed by atoms with Gasteiger partial charge < -0.3 is 10.1 Å². The number of aromatic nitrogens is 1. The Balaban J connectivity index is 2.01. The SMILES string of the molecule is CNC(=O)Nc1nc2cc(-c3ccccc3OC)ccc2s1. The molecule has 0 saturated carbocycles. The molecular weight excluding hydrogens is 298 g/mol. The van der Waals surface area contributed by atoms with Crippen molar-refractivity contribution in [3.05, 3.63) is 42.5 Å². The molecule has 1 aromatic heterocycles. The molecule has 1 heterocycles. The lowest BCUT2D eigenvalue weighted by Crippen LogP contribution is -2.24. The second kappa shape index (κ2) is 6.03. The van der Waals surface area contributed by atoms with Crippen LogP contribution in [-0.4, -0.2) is 25.2 Å². The van der Waals surface area contributed by atoms with Crippen LogP contribution in [0, 0.1) is 0 Å². The summed E-state index contributed by atoms with van der Waals surface area (Å²) in [6.45, 7) is 0. The maximum absolute atomic E-state index is 11.4. The van der Waals surface area contributed by atoms with Gasteiger partial charge in [-0.25, -0.2) is 9.78 Å². The molecule has 22 heavy (non-hydrogen) atoms. The Morgan fingerprint density at radius 1 is 1.23 bits per heavy atom. The zero-order valence-corrected chi connectivity index (χ0v) is 13.0. The van der Waals surface area contributed by atoms with E-state index in [-0.39, 0.29) is 6.03 Å². The molecule has 3 aromatic rings. The number of para-hydroxylation sites is 1. The quantitative estimate of drug-likeness (QED) is 0.774. The molecule has 2 aromatic carbocycles. The first-order valence-electron chi connectivity index (χ1n) is 6.74. The first kappa shape index (κ1) is 14.3. The number of amides is 2. The fourth-order valence-electron chi connectivity index (χ4n) is 2.19. The summed E-state index contributed by atoms with van der Waals surface area (Å²) in [6, 6.07) is 13.6. The predicted molar refractivity (Wildman–Crippen MR) is 89.7 cm³/mol. The molecule has 0 aliphatic heterocycles. The fraction of sp³-hybridized carbons (Fsp3) is 0.125. The highest BCUT2D eigenvalue weighted by Gasteiger charge is 2.10. The van der Waals surface area contributed by atoms with Gasteiger partial charge in [0.1, 0.15) is 5.75 Å². The van der Waals surface area contributed by atoms with Gasteiger partial charge in [-0.3, -0.25) is 5.32 Å². The smallest absolute Gasteiger partial charge is 0.320 e. The van der Waals surface area contributed by atoms with Gasteiger partial charge in [0, 0.05) is 12.6 Å². The van der Waals surface area contributed by atoms with E-state index in [1.807, 2.05) is 42.5 Å². The minimum Gasteiger partial charge on any atom is -0.496 e. The number of benzene rings is 2. The van der Waals surface area contributed by atoms with Crippen LogP contribution in [0.5, 0.6) is 5.75 Å². The number of carbonyl (C=O) groups excluding carboxylic acids is 1. The number of fused-ring (bicyclic) bond motifs is 1. The molecular formula is C16H15N3O2S. The molecule has 0 radical (unpaired) electrons. The van der Waals surface area contributed by atoms with Gasteiger partial charge in [0.15, 0.2) is 5.13 Å². The lowest BCUT2D eigenvalue weighted by atomic mass is 10.0. The monoisotopic (exact) mass is 313 g/mol. The highest BCUT2D eigenvalue weighted by atomic mass is 32.1. The summed E-state index contributed by atoms with van der Waals surface area (Å²) >= 11 is 1.44. The zero-order chi connectivity index (χ0) is 15.5. The summed E-state index contributed by atoms with van der Waals surface area (Å²) in [7, 11) is 3.23. The minimum absolute atomic E-state index is 0.274. The second-order valence-electron chi connectivity index (χ2n) is 4.61. The third-order valence-electron chi connectivity index (χ3n) is 3.25. The highest BCUT2D eigenvalue weighted by molar-refractivity contribution is 7.22. The number of thiazole rings is 1. The van der Waals surface area contributed by atoms with Crippen LogP contribution >= 0.6 is 11.3 Å². The van der Waals surface area contributed by atoms with E-state index in [2.05, 4.69) is 15.6 Å². The molecule has 0 spiro atoms. The fourth-order valence-corrected chi connectivity index (χ4v) is 3.03. The van der Waals surface area contributed by atoms with Crippen LogP contribution in [0.3, 0.4) is 0 Å². The van der Waals surface area contributed by atoms with Crippen molar-refractivity contribution >= 4 is 32.7 Å². The van der Waals surface area contributed by atoms with Gasteiger partial charge in [0.05, 0.1) is 17.3 Å². The number of nitrogens with zero attached hydrogens (tertiary/aromatic N) is 1. The Labute approximate surface area is 131 Å². The summed E-state index contributed by atoms with van der Waals surface area (Å²) in [5.74, 6) is 0.820. The molecule has 2 N–H and O–H groups in total. The maximum Gasteiger partial charge on any atom is 0.320 e. The van der Waals surface area contributed by atoms with Crippen LogP contribution in [-0.2, 0) is 0 Å². The van der Waals surface area contributed by atoms with Crippen molar-refractivity contribution in [2.24, 2.45) is 0 Å². The van der Waals surface area contributed by atoms with Gasteiger partial charge in [-0.15, -0.1) is 0 Å². The average Bonchev–Trinajstić information content (AvgIpc) is 2.95. The van der Waals surface area contributed by atoms with Crippen molar-refractivity contribution in [1.29, 1.82) is 0 Å². The van der Waals surface area contributed by atoms with Crippen molar-refractivity contribution in [2.45, 2.75) is 0 Å². The van der Waals surface area contributed by atoms with Crippen LogP contribution in [0.15, 0.2) is 42.5 Å². The minimum atomic E-state index is -0.274. The van der Waals surface area contributed by atoms with E-state index < -0.39 is 0 Å². The van der Waals surface area contributed by atoms with Crippen molar-refractivity contribution in [3.8, 4) is 16.9 Å². The Morgan fingerprint density at radius 3 is 2.82 bits per heavy atom. The van der Waals surface area contributed by atoms with Gasteiger partial charge >= 0.3 is 6.03 Å². The van der Waals surface area contributed by atoms with Gasteiger partial charge in [-0.05, 0) is 23.8 Å². The predicted octanol–water partition coefficient (Wildman–Crippen LogP) is 3.72. The number of ether oxygens (including phenoxy) is 1. The number of rotatable bonds is 3. The van der Waals surface area contributed by atoms with Crippen molar-refractivity contribution in [3.63, 3.8) is 0 Å². The number of nitrogens with one attached hydrogen (secondary N) is 2. The van der Waals surface area contributed by atoms with Gasteiger partial charge in [0.2, 0.25) is 0 Å². The van der Waals surface area contributed by atoms with E-state index in [0.717, 1.165) is 27.1 Å². The van der Waals surface area contributed by atoms with Crippen LogP contribution < -0.4 is 15.4 Å². The second-order valence-corrected chi connectivity index (χ2v) is 5.64. The first-order chi connectivity index (χ1) is 10.7. The molecule has 0 aliphatic carbocycles. The van der Waals surface area contributed by atoms with Crippen molar-refractivity contribution in [2.75, 3.05) is 19.5 Å². The standard InChI is InChI=1S/C16H15N3O2S/c1-17-15(20)19-16-18-12-9-10(7-8-14(12)22-16)11-5-3-4-6-13(11)21-2/h3-9H,1-2H3,(H2,17,18,19,20). The van der Waals surface area contributed by atoms with E-state index >= 15 is 0 Å². The summed E-state index contributed by atoms with van der Waals surface area (Å²) in [5, 5.41) is 5.78. The molecule has 112 valence electrons. The summed E-state index contributed by atoms with van der Waals surface area (Å²) in [4.78, 5) is 15.8. The number of hydrogen-bond donors (Lipinski definition) is 2. The van der Waals surface area contributed by atoms with E-state index in [0.29, 0.717) is 5.13 Å². The van der Waals surface area contributed by atoms with Gasteiger partial charge in [-0.2, -0.15) is 0 Å². The molecule has 0 unspecified atom stereocenters. The summed E-state index contributed by atoms with van der Waals surface area (Å²) in [5.41, 5.74) is 2.89. The molecule has 0 bridgehead atoms. The topological polar surface area (TPSA) is 63.2 Å². The molecule has 5 nitrogen and oxygen atoms in total. The number of hydrogen-bond acceptors (Lipinski definition) is 4. The Kier molecular flexibility index (Phi) is 3.93. The lowest BCUT2D eigenvalue weighted by Gasteiger charge is -2.07. The van der Waals surface area contributed by atoms with Crippen molar-refractivity contribution in [1.82, 2.24) is 10.3 Å². The molecule has 6 heteroatoms. The van der Waals surface area contributed by atoms with Gasteiger partial charge in [0.25, 0.3) is 0 Å². The van der Waals surface area contributed by atoms with Crippen LogP contribution in [0.4, 0.5) is 9.93 Å². The van der Waals surface area contributed by atoms with Gasteiger partial charge in [-0.1, -0.05) is 35.6 Å². The average molecular weight is 313 g/mol. The van der Waals surface area contributed by atoms with Crippen LogP contribution in [0.1, 0.15) is 0 Å². The number of methoxy groups -OCH3 is 1. The molecule has 2 amide bonds. The zero-order valence-electron chi connectivity index (χ0n) is 12.2. The molecule has 0 fully saturated rings. The van der Waals surface area contributed by atoms with Crippen molar-refractivity contribution < 1.29 is 9.53 Å². The molecule has 3 rings (SSSR count). The van der Waals surface area contributed by atoms with E-state index in [4.69, 9.17) is 4.74 Å². The van der Waals surface area contributed by atoms with Crippen LogP contribution in [0.2, 0.25) is 0 Å². The number of carbonyl (C=O) groups is 1. The Hall–Kier alpha value is -2.60. The Bertz CT molecular complexity index is 829.